The van der Waals surface area contributed by atoms with E-state index >= 15 is 0 Å². The number of aliphatic hydroxyl groups excluding tert-OH is 2. The first-order valence-corrected chi connectivity index (χ1v) is 10.6. The van der Waals surface area contributed by atoms with Crippen molar-refractivity contribution in [2.45, 2.75) is 63.1 Å². The highest BCUT2D eigenvalue weighted by molar-refractivity contribution is 8.00. The third-order valence-electron chi connectivity index (χ3n) is 4.81. The molecule has 11 heteroatoms. The fraction of sp³-hybridized carbons (Fsp3) is 0.667. The summed E-state index contributed by atoms with van der Waals surface area (Å²) < 4.78 is 9.95. The number of aryl methyl sites for hydroxylation is 2. The molecule has 3 unspecified atom stereocenters. The molecule has 2 aromatic heterocycles. The van der Waals surface area contributed by atoms with Crippen molar-refractivity contribution in [1.29, 1.82) is 0 Å². The molecule has 0 amide bonds. The summed E-state index contributed by atoms with van der Waals surface area (Å²) in [6.07, 6.45) is 3.96. The van der Waals surface area contributed by atoms with Crippen molar-refractivity contribution in [3.05, 3.63) is 44.5 Å². The van der Waals surface area contributed by atoms with Crippen LogP contribution in [0, 0.1) is 6.92 Å². The van der Waals surface area contributed by atoms with Crippen LogP contribution in [0.25, 0.3) is 0 Å². The molecule has 29 heavy (non-hydrogen) atoms. The van der Waals surface area contributed by atoms with Gasteiger partial charge in [0.15, 0.2) is 0 Å². The first kappa shape index (κ1) is 21.8. The maximum atomic E-state index is 12.9. The topological polar surface area (TPSA) is 124 Å². The minimum atomic E-state index is -0.688. The predicted molar refractivity (Wildman–Crippen MR) is 108 cm³/mol. The SMILES string of the molecule is CCCn1cc(COCCn2c(=O)c(C)cn(C3CC(O)C(CO)S3)c2=O)nn1. The van der Waals surface area contributed by atoms with Gasteiger partial charge in [-0.1, -0.05) is 12.1 Å². The lowest BCUT2D eigenvalue weighted by molar-refractivity contribution is 0.108. The van der Waals surface area contributed by atoms with Crippen molar-refractivity contribution in [2.75, 3.05) is 13.2 Å². The molecule has 1 fully saturated rings. The first-order valence-electron chi connectivity index (χ1n) is 9.68. The molecule has 0 aromatic carbocycles. The molecule has 1 saturated heterocycles. The minimum absolute atomic E-state index is 0.117. The maximum absolute atomic E-state index is 12.9. The number of aliphatic hydroxyl groups is 2. The summed E-state index contributed by atoms with van der Waals surface area (Å²) in [5, 5.41) is 26.7. The average molecular weight is 426 g/mol. The average Bonchev–Trinajstić information content (AvgIpc) is 3.30. The van der Waals surface area contributed by atoms with E-state index in [9.17, 15) is 19.8 Å². The van der Waals surface area contributed by atoms with Crippen LogP contribution in [0.2, 0.25) is 0 Å². The second-order valence-corrected chi connectivity index (χ2v) is 8.52. The van der Waals surface area contributed by atoms with Gasteiger partial charge in [-0.05, 0) is 13.3 Å². The van der Waals surface area contributed by atoms with Crippen LogP contribution in [0.15, 0.2) is 22.0 Å². The number of hydrogen-bond donors (Lipinski definition) is 2. The van der Waals surface area contributed by atoms with Crippen molar-refractivity contribution in [2.24, 2.45) is 0 Å². The van der Waals surface area contributed by atoms with Crippen LogP contribution in [0.4, 0.5) is 0 Å². The number of rotatable bonds is 9. The van der Waals surface area contributed by atoms with Gasteiger partial charge in [-0.3, -0.25) is 18.6 Å². The molecule has 160 valence electrons. The summed E-state index contributed by atoms with van der Waals surface area (Å²) in [6, 6.07) is 0. The van der Waals surface area contributed by atoms with Crippen molar-refractivity contribution >= 4 is 11.8 Å². The Bertz CT molecular complexity index is 939. The molecule has 1 aliphatic rings. The molecule has 0 radical (unpaired) electrons. The minimum Gasteiger partial charge on any atom is -0.395 e. The van der Waals surface area contributed by atoms with E-state index in [2.05, 4.69) is 17.2 Å². The van der Waals surface area contributed by atoms with Crippen LogP contribution >= 0.6 is 11.8 Å². The Morgan fingerprint density at radius 3 is 2.79 bits per heavy atom. The molecule has 3 heterocycles. The van der Waals surface area contributed by atoms with Crippen molar-refractivity contribution in [3.8, 4) is 0 Å². The monoisotopic (exact) mass is 425 g/mol. The quantitative estimate of drug-likeness (QED) is 0.534. The number of nitrogens with zero attached hydrogens (tertiary/aromatic N) is 5. The molecule has 0 bridgehead atoms. The van der Waals surface area contributed by atoms with Gasteiger partial charge < -0.3 is 14.9 Å². The van der Waals surface area contributed by atoms with Gasteiger partial charge in [-0.2, -0.15) is 0 Å². The first-order chi connectivity index (χ1) is 13.9. The number of ether oxygens (including phenoxy) is 1. The maximum Gasteiger partial charge on any atom is 0.332 e. The van der Waals surface area contributed by atoms with Crippen LogP contribution in [0.5, 0.6) is 0 Å². The molecular weight excluding hydrogens is 398 g/mol. The van der Waals surface area contributed by atoms with E-state index in [0.717, 1.165) is 17.5 Å². The summed E-state index contributed by atoms with van der Waals surface area (Å²) in [4.78, 5) is 25.3. The number of hydrogen-bond acceptors (Lipinski definition) is 8. The van der Waals surface area contributed by atoms with E-state index in [0.29, 0.717) is 17.7 Å². The fourth-order valence-corrected chi connectivity index (χ4v) is 4.66. The Hall–Kier alpha value is -1.95. The Morgan fingerprint density at radius 2 is 2.10 bits per heavy atom. The Balaban J connectivity index is 1.66. The highest BCUT2D eigenvalue weighted by atomic mass is 32.2. The van der Waals surface area contributed by atoms with Gasteiger partial charge in [0, 0.05) is 24.7 Å². The smallest absolute Gasteiger partial charge is 0.332 e. The molecule has 2 aromatic rings. The van der Waals surface area contributed by atoms with Crippen LogP contribution in [0.1, 0.15) is 36.4 Å². The zero-order valence-corrected chi connectivity index (χ0v) is 17.4. The molecule has 3 rings (SSSR count). The molecular formula is C18H27N5O5S. The molecule has 0 aliphatic carbocycles. The van der Waals surface area contributed by atoms with Gasteiger partial charge in [0.1, 0.15) is 5.69 Å². The largest absolute Gasteiger partial charge is 0.395 e. The lowest BCUT2D eigenvalue weighted by atomic mass is 10.2. The molecule has 0 spiro atoms. The molecule has 3 atom stereocenters. The number of thioether (sulfide) groups is 1. The zero-order valence-electron chi connectivity index (χ0n) is 16.6. The zero-order chi connectivity index (χ0) is 21.0. The van der Waals surface area contributed by atoms with Gasteiger partial charge >= 0.3 is 5.69 Å². The standard InChI is InChI=1S/C18H27N5O5S/c1-3-4-21-9-13(19-20-21)11-28-6-5-22-17(26)12(2)8-23(18(22)27)16-7-14(25)15(10-24)29-16/h8-9,14-16,24-25H,3-7,10-11H2,1-2H3. The molecule has 10 nitrogen and oxygen atoms in total. The Labute approximate surface area is 172 Å². The second kappa shape index (κ2) is 9.70. The number of aromatic nitrogens is 5. The van der Waals surface area contributed by atoms with Crippen LogP contribution < -0.4 is 11.2 Å². The van der Waals surface area contributed by atoms with E-state index in [4.69, 9.17) is 4.74 Å². The van der Waals surface area contributed by atoms with Gasteiger partial charge in [0.2, 0.25) is 0 Å². The van der Waals surface area contributed by atoms with Gasteiger partial charge in [0.05, 0.1) is 49.3 Å². The van der Waals surface area contributed by atoms with Crippen molar-refractivity contribution < 1.29 is 14.9 Å². The van der Waals surface area contributed by atoms with Gasteiger partial charge in [0.25, 0.3) is 5.56 Å². The second-order valence-electron chi connectivity index (χ2n) is 7.10. The Kier molecular flexibility index (Phi) is 7.28. The van der Waals surface area contributed by atoms with Crippen LogP contribution in [-0.2, 0) is 24.4 Å². The Morgan fingerprint density at radius 1 is 1.31 bits per heavy atom. The normalized spacial score (nSPS) is 21.7. The van der Waals surface area contributed by atoms with Crippen LogP contribution in [0.3, 0.4) is 0 Å². The van der Waals surface area contributed by atoms with Gasteiger partial charge in [-0.25, -0.2) is 4.79 Å². The van der Waals surface area contributed by atoms with E-state index in [1.165, 1.54) is 22.5 Å². The lowest BCUT2D eigenvalue weighted by Crippen LogP contribution is -2.42. The van der Waals surface area contributed by atoms with Gasteiger partial charge in [-0.15, -0.1) is 16.9 Å². The summed E-state index contributed by atoms with van der Waals surface area (Å²) in [5.74, 6) is 0. The molecule has 0 saturated carbocycles. The third-order valence-corrected chi connectivity index (χ3v) is 6.36. The summed E-state index contributed by atoms with van der Waals surface area (Å²) in [7, 11) is 0. The highest BCUT2D eigenvalue weighted by Crippen LogP contribution is 2.40. The summed E-state index contributed by atoms with van der Waals surface area (Å²) in [5.41, 5.74) is 0.334. The van der Waals surface area contributed by atoms with E-state index in [-0.39, 0.29) is 42.5 Å². The fourth-order valence-electron chi connectivity index (χ4n) is 3.29. The third kappa shape index (κ3) is 4.97. The summed E-state index contributed by atoms with van der Waals surface area (Å²) in [6.45, 7) is 4.88. The lowest BCUT2D eigenvalue weighted by Gasteiger charge is -2.16. The van der Waals surface area contributed by atoms with Crippen LogP contribution in [-0.4, -0.2) is 58.9 Å². The molecule has 2 N–H and O–H groups in total. The summed E-state index contributed by atoms with van der Waals surface area (Å²) >= 11 is 1.34. The van der Waals surface area contributed by atoms with E-state index in [1.807, 2.05) is 6.20 Å². The van der Waals surface area contributed by atoms with Crippen molar-refractivity contribution in [3.63, 3.8) is 0 Å². The highest BCUT2D eigenvalue weighted by Gasteiger charge is 2.35. The molecule has 1 aliphatic heterocycles. The predicted octanol–water partition coefficient (Wildman–Crippen LogP) is -0.106. The van der Waals surface area contributed by atoms with Crippen molar-refractivity contribution in [1.82, 2.24) is 24.1 Å². The van der Waals surface area contributed by atoms with E-state index < -0.39 is 11.8 Å². The van der Waals surface area contributed by atoms with E-state index in [1.54, 1.807) is 11.6 Å².